The Kier molecular flexibility index (Phi) is 2.95. The summed E-state index contributed by atoms with van der Waals surface area (Å²) in [5.74, 6) is 0.693. The Labute approximate surface area is 91.0 Å². The minimum Gasteiger partial charge on any atom is -0.475 e. The standard InChI is InChI=1S/C13H17NO/c1-10-3-5-12(6-4-10)9-15-11(2)14-13-7-8-13/h3-6,13-14H,2,7-9H2,1H3. The van der Waals surface area contributed by atoms with Gasteiger partial charge in [0, 0.05) is 6.04 Å². The quantitative estimate of drug-likeness (QED) is 0.743. The Morgan fingerprint density at radius 1 is 1.40 bits per heavy atom. The van der Waals surface area contributed by atoms with Gasteiger partial charge in [-0.05, 0) is 31.9 Å². The van der Waals surface area contributed by atoms with Gasteiger partial charge in [0.25, 0.3) is 0 Å². The van der Waals surface area contributed by atoms with E-state index in [2.05, 4.69) is 43.1 Å². The Balaban J connectivity index is 1.76. The van der Waals surface area contributed by atoms with Gasteiger partial charge in [-0.3, -0.25) is 0 Å². The molecule has 1 aromatic rings. The number of benzene rings is 1. The molecule has 0 heterocycles. The Morgan fingerprint density at radius 2 is 2.07 bits per heavy atom. The van der Waals surface area contributed by atoms with Crippen LogP contribution >= 0.6 is 0 Å². The molecule has 0 bridgehead atoms. The summed E-state index contributed by atoms with van der Waals surface area (Å²) in [5.41, 5.74) is 2.45. The summed E-state index contributed by atoms with van der Waals surface area (Å²) >= 11 is 0. The van der Waals surface area contributed by atoms with Gasteiger partial charge in [-0.2, -0.15) is 0 Å². The number of aryl methyl sites for hydroxylation is 1. The first-order valence-electron chi connectivity index (χ1n) is 5.38. The number of hydrogen-bond donors (Lipinski definition) is 1. The summed E-state index contributed by atoms with van der Waals surface area (Å²) in [5, 5.41) is 3.22. The first-order valence-corrected chi connectivity index (χ1v) is 5.38. The minimum absolute atomic E-state index is 0.596. The molecule has 1 saturated carbocycles. The molecule has 0 spiro atoms. The lowest BCUT2D eigenvalue weighted by Crippen LogP contribution is -2.16. The third-order valence-electron chi connectivity index (χ3n) is 2.48. The van der Waals surface area contributed by atoms with Crippen LogP contribution in [0.4, 0.5) is 0 Å². The summed E-state index contributed by atoms with van der Waals surface area (Å²) in [6.45, 7) is 6.51. The predicted molar refractivity (Wildman–Crippen MR) is 61.3 cm³/mol. The fourth-order valence-corrected chi connectivity index (χ4v) is 1.35. The molecule has 0 radical (unpaired) electrons. The van der Waals surface area contributed by atoms with E-state index in [0.717, 1.165) is 0 Å². The Bertz CT molecular complexity index is 338. The van der Waals surface area contributed by atoms with Crippen LogP contribution in [-0.2, 0) is 11.3 Å². The van der Waals surface area contributed by atoms with Gasteiger partial charge in [-0.15, -0.1) is 0 Å². The summed E-state index contributed by atoms with van der Waals surface area (Å²) in [6.07, 6.45) is 2.49. The highest BCUT2D eigenvalue weighted by Gasteiger charge is 2.21. The monoisotopic (exact) mass is 203 g/mol. The average molecular weight is 203 g/mol. The van der Waals surface area contributed by atoms with Gasteiger partial charge in [-0.1, -0.05) is 29.8 Å². The van der Waals surface area contributed by atoms with Crippen molar-refractivity contribution in [3.8, 4) is 0 Å². The molecule has 2 rings (SSSR count). The molecule has 0 saturated heterocycles. The molecule has 2 nitrogen and oxygen atoms in total. The van der Waals surface area contributed by atoms with Gasteiger partial charge >= 0.3 is 0 Å². The molecule has 2 heteroatoms. The van der Waals surface area contributed by atoms with Gasteiger partial charge in [0.1, 0.15) is 6.61 Å². The smallest absolute Gasteiger partial charge is 0.179 e. The molecule has 1 aliphatic rings. The van der Waals surface area contributed by atoms with E-state index in [-0.39, 0.29) is 0 Å². The number of nitrogens with one attached hydrogen (secondary N) is 1. The summed E-state index contributed by atoms with van der Waals surface area (Å²) in [4.78, 5) is 0. The van der Waals surface area contributed by atoms with Crippen molar-refractivity contribution >= 4 is 0 Å². The van der Waals surface area contributed by atoms with Crippen LogP contribution in [-0.4, -0.2) is 6.04 Å². The van der Waals surface area contributed by atoms with Crippen LogP contribution in [0.2, 0.25) is 0 Å². The highest BCUT2D eigenvalue weighted by Crippen LogP contribution is 2.20. The van der Waals surface area contributed by atoms with Crippen molar-refractivity contribution in [2.24, 2.45) is 0 Å². The van der Waals surface area contributed by atoms with E-state index in [1.54, 1.807) is 0 Å². The first kappa shape index (κ1) is 10.1. The molecule has 1 aromatic carbocycles. The maximum atomic E-state index is 5.51. The van der Waals surface area contributed by atoms with Crippen molar-refractivity contribution in [2.75, 3.05) is 0 Å². The highest BCUT2D eigenvalue weighted by atomic mass is 16.5. The van der Waals surface area contributed by atoms with Gasteiger partial charge in [0.15, 0.2) is 5.88 Å². The fourth-order valence-electron chi connectivity index (χ4n) is 1.35. The molecule has 0 aromatic heterocycles. The lowest BCUT2D eigenvalue weighted by atomic mass is 10.2. The number of hydrogen-bond acceptors (Lipinski definition) is 2. The third-order valence-corrected chi connectivity index (χ3v) is 2.48. The highest BCUT2D eigenvalue weighted by molar-refractivity contribution is 5.20. The third kappa shape index (κ3) is 3.31. The van der Waals surface area contributed by atoms with Crippen molar-refractivity contribution in [1.82, 2.24) is 5.32 Å². The van der Waals surface area contributed by atoms with E-state index >= 15 is 0 Å². The molecule has 0 aliphatic heterocycles. The topological polar surface area (TPSA) is 21.3 Å². The van der Waals surface area contributed by atoms with Crippen molar-refractivity contribution in [3.05, 3.63) is 47.9 Å². The molecule has 0 amide bonds. The van der Waals surface area contributed by atoms with Gasteiger partial charge < -0.3 is 10.1 Å². The van der Waals surface area contributed by atoms with Crippen LogP contribution < -0.4 is 5.32 Å². The van der Waals surface area contributed by atoms with Gasteiger partial charge in [0.05, 0.1) is 0 Å². The average Bonchev–Trinajstić information content (AvgIpc) is 3.01. The Hall–Kier alpha value is -1.44. The maximum absolute atomic E-state index is 5.51. The molecular formula is C13H17NO. The first-order chi connectivity index (χ1) is 7.24. The van der Waals surface area contributed by atoms with E-state index in [4.69, 9.17) is 4.74 Å². The SMILES string of the molecule is C=C(NC1CC1)OCc1ccc(C)cc1. The number of ether oxygens (including phenoxy) is 1. The number of rotatable bonds is 5. The van der Waals surface area contributed by atoms with E-state index in [0.29, 0.717) is 18.5 Å². The zero-order valence-corrected chi connectivity index (χ0v) is 9.12. The molecular weight excluding hydrogens is 186 g/mol. The van der Waals surface area contributed by atoms with Crippen LogP contribution in [0, 0.1) is 6.92 Å². The van der Waals surface area contributed by atoms with Crippen molar-refractivity contribution in [3.63, 3.8) is 0 Å². The largest absolute Gasteiger partial charge is 0.475 e. The van der Waals surface area contributed by atoms with Crippen LogP contribution in [0.3, 0.4) is 0 Å². The Morgan fingerprint density at radius 3 is 2.67 bits per heavy atom. The second-order valence-electron chi connectivity index (χ2n) is 4.12. The zero-order valence-electron chi connectivity index (χ0n) is 9.12. The van der Waals surface area contributed by atoms with E-state index < -0.39 is 0 Å². The van der Waals surface area contributed by atoms with E-state index in [9.17, 15) is 0 Å². The lowest BCUT2D eigenvalue weighted by molar-refractivity contribution is 0.178. The molecule has 15 heavy (non-hydrogen) atoms. The lowest BCUT2D eigenvalue weighted by Gasteiger charge is -2.10. The van der Waals surface area contributed by atoms with Gasteiger partial charge in [0.2, 0.25) is 0 Å². The second-order valence-corrected chi connectivity index (χ2v) is 4.12. The van der Waals surface area contributed by atoms with E-state index in [1.165, 1.54) is 24.0 Å². The molecule has 1 aliphatic carbocycles. The van der Waals surface area contributed by atoms with Crippen molar-refractivity contribution < 1.29 is 4.74 Å². The predicted octanol–water partition coefficient (Wildman–Crippen LogP) is 2.73. The van der Waals surface area contributed by atoms with Crippen molar-refractivity contribution in [1.29, 1.82) is 0 Å². The summed E-state index contributed by atoms with van der Waals surface area (Å²) < 4.78 is 5.51. The zero-order chi connectivity index (χ0) is 10.7. The van der Waals surface area contributed by atoms with Crippen molar-refractivity contribution in [2.45, 2.75) is 32.4 Å². The second kappa shape index (κ2) is 4.39. The normalized spacial score (nSPS) is 14.7. The summed E-state index contributed by atoms with van der Waals surface area (Å²) in [7, 11) is 0. The van der Waals surface area contributed by atoms with Gasteiger partial charge in [-0.25, -0.2) is 0 Å². The molecule has 80 valence electrons. The fraction of sp³-hybridized carbons (Fsp3) is 0.385. The minimum atomic E-state index is 0.596. The maximum Gasteiger partial charge on any atom is 0.179 e. The van der Waals surface area contributed by atoms with Crippen LogP contribution in [0.15, 0.2) is 36.7 Å². The molecule has 1 fully saturated rings. The molecule has 0 atom stereocenters. The molecule has 0 unspecified atom stereocenters. The molecule has 1 N–H and O–H groups in total. The van der Waals surface area contributed by atoms with Crippen LogP contribution in [0.25, 0.3) is 0 Å². The van der Waals surface area contributed by atoms with Crippen LogP contribution in [0.1, 0.15) is 24.0 Å². The van der Waals surface area contributed by atoms with Crippen LogP contribution in [0.5, 0.6) is 0 Å². The summed E-state index contributed by atoms with van der Waals surface area (Å²) in [6, 6.07) is 8.96. The van der Waals surface area contributed by atoms with E-state index in [1.807, 2.05) is 0 Å².